The van der Waals surface area contributed by atoms with Crippen molar-refractivity contribution in [2.75, 3.05) is 19.6 Å². The maximum Gasteiger partial charge on any atom is 0.207 e. The van der Waals surface area contributed by atoms with E-state index >= 15 is 0 Å². The molecule has 0 radical (unpaired) electrons. The van der Waals surface area contributed by atoms with Gasteiger partial charge in [0.15, 0.2) is 0 Å². The monoisotopic (exact) mass is 366 g/mol. The summed E-state index contributed by atoms with van der Waals surface area (Å²) in [5.74, 6) is 2.33. The van der Waals surface area contributed by atoms with Crippen LogP contribution in [0.4, 0.5) is 0 Å². The predicted molar refractivity (Wildman–Crippen MR) is 104 cm³/mol. The topological polar surface area (TPSA) is 74.4 Å². The third kappa shape index (κ3) is 4.41. The maximum atomic E-state index is 10.6. The highest BCUT2D eigenvalue weighted by Gasteiger charge is 2.46. The summed E-state index contributed by atoms with van der Waals surface area (Å²) in [6.45, 7) is 9.63. The second-order valence-corrected chi connectivity index (χ2v) is 9.05. The largest absolute Gasteiger partial charge is 0.349 e. The van der Waals surface area contributed by atoms with Gasteiger partial charge in [0.25, 0.3) is 0 Å². The van der Waals surface area contributed by atoms with E-state index in [0.717, 1.165) is 37.9 Å². The summed E-state index contributed by atoms with van der Waals surface area (Å²) in [5.41, 5.74) is 3.19. The van der Waals surface area contributed by atoms with Crippen molar-refractivity contribution in [3.8, 4) is 0 Å². The maximum absolute atomic E-state index is 10.6. The van der Waals surface area contributed by atoms with Gasteiger partial charge in [-0.15, -0.1) is 0 Å². The number of hydrogen-bond acceptors (Lipinski definition) is 5. The van der Waals surface area contributed by atoms with Crippen LogP contribution in [0.1, 0.15) is 59.3 Å². The van der Waals surface area contributed by atoms with E-state index in [1.54, 1.807) is 0 Å². The smallest absolute Gasteiger partial charge is 0.207 e. The Morgan fingerprint density at radius 1 is 1.08 bits per heavy atom. The fraction of sp³-hybridized carbons (Fsp3) is 0.950. The lowest BCUT2D eigenvalue weighted by Crippen LogP contribution is -2.77. The highest BCUT2D eigenvalue weighted by Crippen LogP contribution is 2.34. The van der Waals surface area contributed by atoms with Crippen LogP contribution in [0.25, 0.3) is 0 Å². The zero-order valence-electron chi connectivity index (χ0n) is 16.7. The van der Waals surface area contributed by atoms with Crippen molar-refractivity contribution < 1.29 is 9.63 Å². The molecular formula is C20H38N4O2. The third-order valence-electron chi connectivity index (χ3n) is 6.99. The quantitative estimate of drug-likeness (QED) is 0.571. The van der Waals surface area contributed by atoms with E-state index in [1.165, 1.54) is 38.5 Å². The van der Waals surface area contributed by atoms with Gasteiger partial charge in [-0.1, -0.05) is 20.3 Å². The number of hydrogen-bond donors (Lipinski definition) is 4. The second-order valence-electron chi connectivity index (χ2n) is 9.05. The van der Waals surface area contributed by atoms with Crippen LogP contribution in [-0.2, 0) is 9.63 Å². The Labute approximate surface area is 158 Å². The molecule has 1 saturated carbocycles. The molecule has 6 heteroatoms. The zero-order chi connectivity index (χ0) is 18.6. The Bertz CT molecular complexity index is 457. The summed E-state index contributed by atoms with van der Waals surface area (Å²) in [4.78, 5) is 16.1. The molecule has 6 nitrogen and oxygen atoms in total. The van der Waals surface area contributed by atoms with Crippen molar-refractivity contribution >= 4 is 6.41 Å². The molecule has 4 rings (SSSR count). The molecule has 3 saturated heterocycles. The van der Waals surface area contributed by atoms with E-state index in [4.69, 9.17) is 4.84 Å². The van der Waals surface area contributed by atoms with Gasteiger partial charge in [-0.25, -0.2) is 0 Å². The van der Waals surface area contributed by atoms with Gasteiger partial charge in [-0.3, -0.25) is 9.63 Å². The zero-order valence-corrected chi connectivity index (χ0v) is 16.7. The molecule has 4 N–H and O–H groups in total. The van der Waals surface area contributed by atoms with Crippen molar-refractivity contribution in [3.63, 3.8) is 0 Å². The fourth-order valence-corrected chi connectivity index (χ4v) is 5.38. The molecule has 0 aromatic heterocycles. The summed E-state index contributed by atoms with van der Waals surface area (Å²) >= 11 is 0. The Balaban J connectivity index is 0.000000152. The number of hydroxylamine groups is 1. The molecule has 4 aliphatic rings. The molecule has 0 aromatic carbocycles. The highest BCUT2D eigenvalue weighted by molar-refractivity contribution is 5.49. The van der Waals surface area contributed by atoms with Crippen molar-refractivity contribution in [2.45, 2.75) is 83.0 Å². The molecule has 3 aliphatic heterocycles. The van der Waals surface area contributed by atoms with Crippen LogP contribution >= 0.6 is 0 Å². The first-order valence-electron chi connectivity index (χ1n) is 10.6. The number of carbonyl (C=O) groups excluding carboxylic acids is 1. The lowest BCUT2D eigenvalue weighted by Gasteiger charge is -2.51. The minimum atomic E-state index is -0.0262. The Hall–Kier alpha value is -0.690. The minimum Gasteiger partial charge on any atom is -0.349 e. The molecule has 150 valence electrons. The first kappa shape index (κ1) is 20.1. The van der Waals surface area contributed by atoms with Crippen LogP contribution in [-0.4, -0.2) is 49.8 Å². The minimum absolute atomic E-state index is 0.0262. The summed E-state index contributed by atoms with van der Waals surface area (Å²) < 4.78 is 0. The first-order valence-corrected chi connectivity index (χ1v) is 10.6. The van der Waals surface area contributed by atoms with Crippen LogP contribution < -0.4 is 21.4 Å². The third-order valence-corrected chi connectivity index (χ3v) is 6.99. The number of fused-ring (bicyclic) bond motifs is 1. The summed E-state index contributed by atoms with van der Waals surface area (Å²) in [6.07, 6.45) is 9.20. The van der Waals surface area contributed by atoms with Crippen molar-refractivity contribution in [3.05, 3.63) is 0 Å². The summed E-state index contributed by atoms with van der Waals surface area (Å²) in [7, 11) is 0. The van der Waals surface area contributed by atoms with E-state index in [9.17, 15) is 4.79 Å². The van der Waals surface area contributed by atoms with Gasteiger partial charge in [-0.2, -0.15) is 5.48 Å². The van der Waals surface area contributed by atoms with Gasteiger partial charge in [0.05, 0.1) is 11.6 Å². The summed E-state index contributed by atoms with van der Waals surface area (Å²) in [6, 6.07) is 1.07. The van der Waals surface area contributed by atoms with E-state index in [2.05, 4.69) is 42.2 Å². The lowest BCUT2D eigenvalue weighted by atomic mass is 9.75. The van der Waals surface area contributed by atoms with E-state index in [-0.39, 0.29) is 5.54 Å². The molecule has 4 fully saturated rings. The van der Waals surface area contributed by atoms with Crippen molar-refractivity contribution in [2.24, 2.45) is 17.8 Å². The molecular weight excluding hydrogens is 328 g/mol. The van der Waals surface area contributed by atoms with Crippen LogP contribution in [0.15, 0.2) is 0 Å². The number of rotatable bonds is 3. The van der Waals surface area contributed by atoms with Gasteiger partial charge >= 0.3 is 0 Å². The highest BCUT2D eigenvalue weighted by atomic mass is 16.7. The fourth-order valence-electron chi connectivity index (χ4n) is 5.38. The molecule has 0 spiro atoms. The molecule has 6 unspecified atom stereocenters. The second kappa shape index (κ2) is 9.00. The molecule has 3 heterocycles. The van der Waals surface area contributed by atoms with Crippen molar-refractivity contribution in [1.29, 1.82) is 0 Å². The standard InChI is InChI=1S/C10H19N3O.C10H19NO/c1-8-3-2-4-12-9(8)10(13-7-14)5-11-6-10;1-7-4-3-5-9-6-8(2)12-11-10(7)9/h7-9,11-12H,2-6H2,1H3,(H,13,14);7-11H,3-6H2,1-2H3. The van der Waals surface area contributed by atoms with E-state index in [0.29, 0.717) is 24.1 Å². The molecule has 0 bridgehead atoms. The summed E-state index contributed by atoms with van der Waals surface area (Å²) in [5, 5.41) is 9.77. The molecule has 6 atom stereocenters. The average molecular weight is 367 g/mol. The Kier molecular flexibility index (Phi) is 6.94. The lowest BCUT2D eigenvalue weighted by molar-refractivity contribution is -0.116. The van der Waals surface area contributed by atoms with Gasteiger partial charge in [0, 0.05) is 25.2 Å². The Morgan fingerprint density at radius 2 is 1.85 bits per heavy atom. The normalized spacial score (nSPS) is 41.7. The van der Waals surface area contributed by atoms with Crippen LogP contribution in [0.5, 0.6) is 0 Å². The van der Waals surface area contributed by atoms with E-state index in [1.807, 2.05) is 0 Å². The van der Waals surface area contributed by atoms with E-state index < -0.39 is 0 Å². The van der Waals surface area contributed by atoms with Crippen LogP contribution in [0.2, 0.25) is 0 Å². The number of nitrogens with one attached hydrogen (secondary N) is 4. The number of carbonyl (C=O) groups is 1. The van der Waals surface area contributed by atoms with Gasteiger partial charge in [0.2, 0.25) is 6.41 Å². The number of amides is 1. The van der Waals surface area contributed by atoms with Gasteiger partial charge in [0.1, 0.15) is 0 Å². The molecule has 0 aromatic rings. The Morgan fingerprint density at radius 3 is 2.50 bits per heavy atom. The predicted octanol–water partition coefficient (Wildman–Crippen LogP) is 1.57. The molecule has 26 heavy (non-hydrogen) atoms. The van der Waals surface area contributed by atoms with Gasteiger partial charge in [-0.05, 0) is 63.3 Å². The first-order chi connectivity index (χ1) is 12.6. The van der Waals surface area contributed by atoms with Crippen molar-refractivity contribution in [1.82, 2.24) is 21.4 Å². The SMILES string of the molecule is CC1CC2CCCC(C)C2NO1.CC1CCCNC1C1(NC=O)CNC1. The molecule has 1 aliphatic carbocycles. The molecule has 1 amide bonds. The van der Waals surface area contributed by atoms with Gasteiger partial charge < -0.3 is 16.0 Å². The van der Waals surface area contributed by atoms with Crippen LogP contribution in [0, 0.1) is 17.8 Å². The van der Waals surface area contributed by atoms with Crippen LogP contribution in [0.3, 0.4) is 0 Å². The average Bonchev–Trinajstić information content (AvgIpc) is 2.59. The number of piperidine rings is 1.